The summed E-state index contributed by atoms with van der Waals surface area (Å²) in [7, 11) is 0. The lowest BCUT2D eigenvalue weighted by Crippen LogP contribution is -2.30. The minimum absolute atomic E-state index is 0.254. The normalized spacial score (nSPS) is 9.25. The second-order valence-electron chi connectivity index (χ2n) is 2.93. The zero-order valence-corrected chi connectivity index (χ0v) is 8.47. The molecule has 0 aliphatic carbocycles. The van der Waals surface area contributed by atoms with E-state index >= 15 is 0 Å². The molecule has 16 heavy (non-hydrogen) atoms. The molecular formula is C11H11NO4. The predicted molar refractivity (Wildman–Crippen MR) is 56.9 cm³/mol. The lowest BCUT2D eigenvalue weighted by atomic mass is 10.3. The van der Waals surface area contributed by atoms with Gasteiger partial charge in [0.2, 0.25) is 0 Å². The second-order valence-corrected chi connectivity index (χ2v) is 2.93. The van der Waals surface area contributed by atoms with Crippen molar-refractivity contribution in [2.75, 3.05) is 6.61 Å². The van der Waals surface area contributed by atoms with Crippen molar-refractivity contribution in [1.29, 1.82) is 0 Å². The van der Waals surface area contributed by atoms with Crippen LogP contribution in [-0.4, -0.2) is 23.6 Å². The van der Waals surface area contributed by atoms with Crippen molar-refractivity contribution in [1.82, 2.24) is 5.32 Å². The van der Waals surface area contributed by atoms with Crippen LogP contribution in [0.2, 0.25) is 0 Å². The van der Waals surface area contributed by atoms with Gasteiger partial charge in [-0.05, 0) is 12.1 Å². The Bertz CT molecular complexity index is 400. The van der Waals surface area contributed by atoms with Gasteiger partial charge in [-0.15, -0.1) is 0 Å². The number of carbonyl (C=O) groups excluding carboxylic acids is 1. The summed E-state index contributed by atoms with van der Waals surface area (Å²) >= 11 is 0. The van der Waals surface area contributed by atoms with Crippen LogP contribution in [0.4, 0.5) is 0 Å². The fraction of sp³-hybridized carbons (Fsp3) is 0.0909. The largest absolute Gasteiger partial charge is 0.484 e. The standard InChI is InChI=1S/C11H11NO4/c1-8(11(14)15)12-10(13)7-16-9-5-3-2-4-6-9/h2-6H,1,7H2,(H,12,13)(H,14,15). The molecule has 0 aliphatic rings. The van der Waals surface area contributed by atoms with Gasteiger partial charge in [-0.2, -0.15) is 0 Å². The van der Waals surface area contributed by atoms with E-state index in [1.165, 1.54) is 0 Å². The molecule has 1 rings (SSSR count). The van der Waals surface area contributed by atoms with Crippen molar-refractivity contribution in [3.05, 3.63) is 42.6 Å². The highest BCUT2D eigenvalue weighted by Gasteiger charge is 2.08. The summed E-state index contributed by atoms with van der Waals surface area (Å²) in [5.41, 5.74) is -0.373. The average molecular weight is 221 g/mol. The lowest BCUT2D eigenvalue weighted by Gasteiger charge is -2.06. The van der Waals surface area contributed by atoms with Crippen LogP contribution in [0.1, 0.15) is 0 Å². The highest BCUT2D eigenvalue weighted by molar-refractivity contribution is 5.92. The zero-order valence-electron chi connectivity index (χ0n) is 8.47. The molecule has 0 atom stereocenters. The third-order valence-electron chi connectivity index (χ3n) is 1.66. The van der Waals surface area contributed by atoms with Crippen LogP contribution in [-0.2, 0) is 9.59 Å². The lowest BCUT2D eigenvalue weighted by molar-refractivity contribution is -0.134. The summed E-state index contributed by atoms with van der Waals surface area (Å²) in [5.74, 6) is -1.29. The smallest absolute Gasteiger partial charge is 0.351 e. The Morgan fingerprint density at radius 3 is 2.50 bits per heavy atom. The number of para-hydroxylation sites is 1. The molecule has 1 amide bonds. The highest BCUT2D eigenvalue weighted by Crippen LogP contribution is 2.07. The quantitative estimate of drug-likeness (QED) is 0.720. The molecule has 1 aromatic rings. The number of amides is 1. The summed E-state index contributed by atoms with van der Waals surface area (Å²) in [6.07, 6.45) is 0. The van der Waals surface area contributed by atoms with Crippen molar-refractivity contribution in [2.45, 2.75) is 0 Å². The number of aliphatic carboxylic acids is 1. The number of carbonyl (C=O) groups is 2. The van der Waals surface area contributed by atoms with Crippen molar-refractivity contribution in [3.8, 4) is 5.75 Å². The van der Waals surface area contributed by atoms with Gasteiger partial charge in [0, 0.05) is 0 Å². The molecule has 0 unspecified atom stereocenters. The van der Waals surface area contributed by atoms with Gasteiger partial charge >= 0.3 is 5.97 Å². The fourth-order valence-corrected chi connectivity index (χ4v) is 0.923. The molecule has 5 heteroatoms. The topological polar surface area (TPSA) is 75.6 Å². The Balaban J connectivity index is 2.36. The number of carboxylic acids is 1. The molecule has 0 aromatic heterocycles. The van der Waals surface area contributed by atoms with Crippen LogP contribution in [0.3, 0.4) is 0 Å². The van der Waals surface area contributed by atoms with E-state index in [1.54, 1.807) is 24.3 Å². The van der Waals surface area contributed by atoms with Gasteiger partial charge in [-0.25, -0.2) is 4.79 Å². The monoisotopic (exact) mass is 221 g/mol. The molecule has 0 aliphatic heterocycles. The van der Waals surface area contributed by atoms with Crippen LogP contribution in [0, 0.1) is 0 Å². The minimum atomic E-state index is -1.27. The maximum atomic E-state index is 11.2. The van der Waals surface area contributed by atoms with Gasteiger partial charge in [0.1, 0.15) is 11.4 Å². The highest BCUT2D eigenvalue weighted by atomic mass is 16.5. The SMILES string of the molecule is C=C(NC(=O)COc1ccccc1)C(=O)O. The molecular weight excluding hydrogens is 210 g/mol. The molecule has 5 nitrogen and oxygen atoms in total. The molecule has 0 saturated heterocycles. The van der Waals surface area contributed by atoms with E-state index in [-0.39, 0.29) is 12.3 Å². The minimum Gasteiger partial charge on any atom is -0.484 e. The van der Waals surface area contributed by atoms with Gasteiger partial charge in [-0.1, -0.05) is 24.8 Å². The Morgan fingerprint density at radius 1 is 1.31 bits per heavy atom. The Kier molecular flexibility index (Phi) is 4.08. The first-order valence-corrected chi connectivity index (χ1v) is 4.49. The first kappa shape index (κ1) is 11.8. The number of rotatable bonds is 5. The molecule has 0 fully saturated rings. The summed E-state index contributed by atoms with van der Waals surface area (Å²) in [6, 6.07) is 8.74. The number of hydrogen-bond acceptors (Lipinski definition) is 3. The molecule has 0 bridgehead atoms. The molecule has 0 radical (unpaired) electrons. The predicted octanol–water partition coefficient (Wildman–Crippen LogP) is 0.780. The maximum absolute atomic E-state index is 11.2. The van der Waals surface area contributed by atoms with Gasteiger partial charge < -0.3 is 15.2 Å². The Hall–Kier alpha value is -2.30. The van der Waals surface area contributed by atoms with E-state index < -0.39 is 11.9 Å². The van der Waals surface area contributed by atoms with Gasteiger partial charge in [0.05, 0.1) is 0 Å². The summed E-state index contributed by atoms with van der Waals surface area (Å²) < 4.78 is 5.10. The van der Waals surface area contributed by atoms with E-state index in [1.807, 2.05) is 6.07 Å². The third-order valence-corrected chi connectivity index (χ3v) is 1.66. The van der Waals surface area contributed by atoms with Crippen LogP contribution in [0.25, 0.3) is 0 Å². The van der Waals surface area contributed by atoms with Crippen molar-refractivity contribution >= 4 is 11.9 Å². The Morgan fingerprint density at radius 2 is 1.94 bits per heavy atom. The number of nitrogens with one attached hydrogen (secondary N) is 1. The summed E-state index contributed by atoms with van der Waals surface area (Å²) in [6.45, 7) is 2.91. The number of carboxylic acid groups (broad SMARTS) is 1. The fourth-order valence-electron chi connectivity index (χ4n) is 0.923. The number of ether oxygens (including phenoxy) is 1. The number of benzene rings is 1. The zero-order chi connectivity index (χ0) is 12.0. The van der Waals surface area contributed by atoms with E-state index in [4.69, 9.17) is 9.84 Å². The summed E-state index contributed by atoms with van der Waals surface area (Å²) in [5, 5.41) is 10.6. The van der Waals surface area contributed by atoms with Crippen molar-refractivity contribution in [3.63, 3.8) is 0 Å². The number of hydrogen-bond donors (Lipinski definition) is 2. The van der Waals surface area contributed by atoms with Gasteiger partial charge in [0.25, 0.3) is 5.91 Å². The van der Waals surface area contributed by atoms with Crippen molar-refractivity contribution < 1.29 is 19.4 Å². The first-order valence-electron chi connectivity index (χ1n) is 4.49. The Labute approximate surface area is 92.3 Å². The molecule has 84 valence electrons. The molecule has 1 aromatic carbocycles. The van der Waals surface area contributed by atoms with E-state index in [0.29, 0.717) is 5.75 Å². The van der Waals surface area contributed by atoms with Crippen molar-refractivity contribution in [2.24, 2.45) is 0 Å². The first-order chi connectivity index (χ1) is 7.59. The molecule has 2 N–H and O–H groups in total. The van der Waals surface area contributed by atoms with E-state index in [0.717, 1.165) is 0 Å². The third kappa shape index (κ3) is 3.83. The van der Waals surface area contributed by atoms with Crippen LogP contribution in [0.15, 0.2) is 42.6 Å². The van der Waals surface area contributed by atoms with Gasteiger partial charge in [-0.3, -0.25) is 4.79 Å². The van der Waals surface area contributed by atoms with Crippen LogP contribution in [0.5, 0.6) is 5.75 Å². The molecule has 0 saturated carbocycles. The van der Waals surface area contributed by atoms with E-state index in [9.17, 15) is 9.59 Å². The van der Waals surface area contributed by atoms with Gasteiger partial charge in [0.15, 0.2) is 6.61 Å². The van der Waals surface area contributed by atoms with Crippen LogP contribution < -0.4 is 10.1 Å². The maximum Gasteiger partial charge on any atom is 0.351 e. The van der Waals surface area contributed by atoms with E-state index in [2.05, 4.69) is 11.9 Å². The average Bonchev–Trinajstić information content (AvgIpc) is 2.27. The molecule has 0 spiro atoms. The summed E-state index contributed by atoms with van der Waals surface area (Å²) in [4.78, 5) is 21.5. The molecule has 0 heterocycles. The second kappa shape index (κ2) is 5.55. The van der Waals surface area contributed by atoms with Crippen LogP contribution >= 0.6 is 0 Å².